The van der Waals surface area contributed by atoms with Crippen LogP contribution in [0.15, 0.2) is 30.5 Å². The van der Waals surface area contributed by atoms with E-state index in [1.807, 2.05) is 24.6 Å². The van der Waals surface area contributed by atoms with Crippen molar-refractivity contribution in [3.8, 4) is 0 Å². The summed E-state index contributed by atoms with van der Waals surface area (Å²) in [6, 6.07) is 8.95. The molecule has 0 aliphatic rings. The van der Waals surface area contributed by atoms with Crippen molar-refractivity contribution in [3.63, 3.8) is 0 Å². The highest BCUT2D eigenvalue weighted by Gasteiger charge is 2.10. The Kier molecular flexibility index (Phi) is 5.02. The van der Waals surface area contributed by atoms with Gasteiger partial charge in [0.2, 0.25) is 5.91 Å². The predicted molar refractivity (Wildman–Crippen MR) is 87.2 cm³/mol. The number of aromatic nitrogens is 1. The molecule has 0 atom stereocenters. The molecule has 0 aliphatic carbocycles. The van der Waals surface area contributed by atoms with E-state index >= 15 is 0 Å². The van der Waals surface area contributed by atoms with Crippen molar-refractivity contribution in [1.29, 1.82) is 0 Å². The van der Waals surface area contributed by atoms with Crippen LogP contribution in [0.25, 0.3) is 10.9 Å². The van der Waals surface area contributed by atoms with Crippen molar-refractivity contribution in [2.75, 3.05) is 0 Å². The monoisotopic (exact) mass is 287 g/mol. The van der Waals surface area contributed by atoms with Crippen molar-refractivity contribution < 1.29 is 4.79 Å². The Hall–Kier alpha value is -1.81. The van der Waals surface area contributed by atoms with E-state index in [0.717, 1.165) is 12.1 Å². The molecule has 21 heavy (non-hydrogen) atoms. The highest BCUT2D eigenvalue weighted by Crippen LogP contribution is 2.20. The number of amides is 1. The van der Waals surface area contributed by atoms with Crippen LogP contribution in [0.5, 0.6) is 0 Å². The van der Waals surface area contributed by atoms with Gasteiger partial charge in [-0.15, -0.1) is 0 Å². The van der Waals surface area contributed by atoms with Gasteiger partial charge < -0.3 is 15.2 Å². The smallest absolute Gasteiger partial charge is 0.240 e. The zero-order chi connectivity index (χ0) is 15.4. The van der Waals surface area contributed by atoms with Crippen LogP contribution in [0, 0.1) is 0 Å². The normalized spacial score (nSPS) is 11.5. The van der Waals surface area contributed by atoms with E-state index in [1.165, 1.54) is 10.9 Å². The second kappa shape index (κ2) is 6.76. The Morgan fingerprint density at radius 2 is 1.90 bits per heavy atom. The molecule has 4 heteroatoms. The topological polar surface area (TPSA) is 46.1 Å². The average molecular weight is 287 g/mol. The van der Waals surface area contributed by atoms with E-state index in [2.05, 4.69) is 48.7 Å². The highest BCUT2D eigenvalue weighted by molar-refractivity contribution is 5.85. The van der Waals surface area contributed by atoms with Crippen LogP contribution >= 0.6 is 0 Å². The molecule has 114 valence electrons. The van der Waals surface area contributed by atoms with E-state index in [0.29, 0.717) is 12.6 Å². The molecule has 0 aliphatic heterocycles. The minimum absolute atomic E-state index is 0.0501. The summed E-state index contributed by atoms with van der Waals surface area (Å²) < 4.78 is 2.03. The number of fused-ring (bicyclic) bond motifs is 1. The molecule has 2 aromatic rings. The summed E-state index contributed by atoms with van der Waals surface area (Å²) in [5, 5.41) is 7.56. The number of para-hydroxylation sites is 1. The Balaban J connectivity index is 2.25. The molecule has 2 N–H and O–H groups in total. The number of nitrogens with one attached hydrogen (secondary N) is 2. The third-order valence-electron chi connectivity index (χ3n) is 3.34. The third kappa shape index (κ3) is 4.08. The molecule has 1 aromatic carbocycles. The molecule has 1 heterocycles. The lowest BCUT2D eigenvalue weighted by Gasteiger charge is -2.13. The number of nitrogens with zero attached hydrogens (tertiary/aromatic N) is 1. The number of carbonyl (C=O) groups excluding carboxylic acids is 1. The van der Waals surface area contributed by atoms with E-state index in [9.17, 15) is 4.79 Å². The molecular formula is C17H25N3O. The van der Waals surface area contributed by atoms with Gasteiger partial charge in [-0.25, -0.2) is 0 Å². The summed E-state index contributed by atoms with van der Waals surface area (Å²) in [6.45, 7) is 9.39. The number of hydrogen-bond donors (Lipinski definition) is 2. The molecule has 4 nitrogen and oxygen atoms in total. The van der Waals surface area contributed by atoms with Gasteiger partial charge in [0, 0.05) is 24.8 Å². The first-order valence-corrected chi connectivity index (χ1v) is 7.57. The maximum atomic E-state index is 12.0. The summed E-state index contributed by atoms with van der Waals surface area (Å²) in [7, 11) is 0. The van der Waals surface area contributed by atoms with Gasteiger partial charge in [0.05, 0.1) is 5.52 Å². The van der Waals surface area contributed by atoms with Gasteiger partial charge in [-0.05, 0) is 30.9 Å². The van der Waals surface area contributed by atoms with Crippen LogP contribution < -0.4 is 10.6 Å². The van der Waals surface area contributed by atoms with Crippen LogP contribution in [-0.2, 0) is 17.9 Å². The quantitative estimate of drug-likeness (QED) is 0.858. The first-order valence-electron chi connectivity index (χ1n) is 7.57. The molecule has 0 spiro atoms. The first kappa shape index (κ1) is 15.6. The van der Waals surface area contributed by atoms with Gasteiger partial charge >= 0.3 is 0 Å². The fraction of sp³-hybridized carbons (Fsp3) is 0.471. The maximum absolute atomic E-state index is 12.0. The van der Waals surface area contributed by atoms with Crippen molar-refractivity contribution in [2.45, 2.75) is 52.9 Å². The number of hydrogen-bond acceptors (Lipinski definition) is 2. The van der Waals surface area contributed by atoms with Crippen LogP contribution in [0.2, 0.25) is 0 Å². The molecule has 2 rings (SSSR count). The summed E-state index contributed by atoms with van der Waals surface area (Å²) in [5.41, 5.74) is 2.37. The zero-order valence-electron chi connectivity index (χ0n) is 13.3. The summed E-state index contributed by atoms with van der Waals surface area (Å²) in [5.74, 6) is 0.0501. The van der Waals surface area contributed by atoms with Crippen LogP contribution in [-0.4, -0.2) is 22.6 Å². The van der Waals surface area contributed by atoms with Gasteiger partial charge in [0.15, 0.2) is 0 Å². The molecule has 0 unspecified atom stereocenters. The molecule has 1 amide bonds. The minimum Gasteiger partial charge on any atom is -0.352 e. The first-order chi connectivity index (χ1) is 9.97. The number of benzene rings is 1. The van der Waals surface area contributed by atoms with E-state index in [1.54, 1.807) is 0 Å². The van der Waals surface area contributed by atoms with Crippen molar-refractivity contribution in [2.24, 2.45) is 0 Å². The standard InChI is InChI=1S/C17H25N3O/c1-12(2)18-10-15-7-5-6-14-8-9-20(17(14)15)11-16(21)19-13(3)4/h5-9,12-13,18H,10-11H2,1-4H3,(H,19,21). The Bertz CT molecular complexity index is 614. The zero-order valence-corrected chi connectivity index (χ0v) is 13.3. The molecule has 0 fully saturated rings. The molecule has 0 saturated carbocycles. The van der Waals surface area contributed by atoms with Gasteiger partial charge in [0.1, 0.15) is 6.54 Å². The van der Waals surface area contributed by atoms with E-state index in [-0.39, 0.29) is 11.9 Å². The van der Waals surface area contributed by atoms with E-state index in [4.69, 9.17) is 0 Å². The number of rotatable bonds is 6. The third-order valence-corrected chi connectivity index (χ3v) is 3.34. The largest absolute Gasteiger partial charge is 0.352 e. The van der Waals surface area contributed by atoms with Gasteiger partial charge in [-0.2, -0.15) is 0 Å². The Labute approximate surface area is 126 Å². The Morgan fingerprint density at radius 1 is 1.14 bits per heavy atom. The van der Waals surface area contributed by atoms with Crippen molar-refractivity contribution >= 4 is 16.8 Å². The lowest BCUT2D eigenvalue weighted by Crippen LogP contribution is -2.33. The summed E-state index contributed by atoms with van der Waals surface area (Å²) in [6.07, 6.45) is 1.99. The van der Waals surface area contributed by atoms with Crippen LogP contribution in [0.3, 0.4) is 0 Å². The molecule has 0 saturated heterocycles. The fourth-order valence-corrected chi connectivity index (χ4v) is 2.45. The molecule has 1 aromatic heterocycles. The second-order valence-electron chi connectivity index (χ2n) is 6.06. The maximum Gasteiger partial charge on any atom is 0.240 e. The van der Waals surface area contributed by atoms with Gasteiger partial charge in [-0.1, -0.05) is 32.0 Å². The lowest BCUT2D eigenvalue weighted by atomic mass is 10.1. The molecule has 0 bridgehead atoms. The lowest BCUT2D eigenvalue weighted by molar-refractivity contribution is -0.122. The van der Waals surface area contributed by atoms with Crippen molar-refractivity contribution in [3.05, 3.63) is 36.0 Å². The Morgan fingerprint density at radius 3 is 2.57 bits per heavy atom. The predicted octanol–water partition coefficient (Wildman–Crippen LogP) is 2.66. The van der Waals surface area contributed by atoms with Crippen LogP contribution in [0.4, 0.5) is 0 Å². The SMILES string of the molecule is CC(C)NCc1cccc2ccn(CC(=O)NC(C)C)c12. The molecular weight excluding hydrogens is 262 g/mol. The average Bonchev–Trinajstić information content (AvgIpc) is 2.79. The molecule has 0 radical (unpaired) electrons. The van der Waals surface area contributed by atoms with Gasteiger partial charge in [-0.3, -0.25) is 4.79 Å². The second-order valence-corrected chi connectivity index (χ2v) is 6.06. The summed E-state index contributed by atoms with van der Waals surface area (Å²) >= 11 is 0. The van der Waals surface area contributed by atoms with Crippen LogP contribution in [0.1, 0.15) is 33.3 Å². The fourth-order valence-electron chi connectivity index (χ4n) is 2.45. The number of carbonyl (C=O) groups is 1. The van der Waals surface area contributed by atoms with E-state index < -0.39 is 0 Å². The van der Waals surface area contributed by atoms with Gasteiger partial charge in [0.25, 0.3) is 0 Å². The minimum atomic E-state index is 0.0501. The summed E-state index contributed by atoms with van der Waals surface area (Å²) in [4.78, 5) is 12.0. The van der Waals surface area contributed by atoms with Crippen molar-refractivity contribution in [1.82, 2.24) is 15.2 Å². The highest BCUT2D eigenvalue weighted by atomic mass is 16.2.